The SMILES string of the molecule is CCC1C(=O)NC(C(C)C)C(=O)N1Cc1cccc(Cl)c1. The molecule has 1 N–H and O–H groups in total. The molecule has 2 atom stereocenters. The second-order valence-electron chi connectivity index (χ2n) is 5.75. The van der Waals surface area contributed by atoms with Gasteiger partial charge in [-0.3, -0.25) is 9.59 Å². The molecule has 0 aromatic heterocycles. The third-order valence-electron chi connectivity index (χ3n) is 3.82. The van der Waals surface area contributed by atoms with Crippen molar-refractivity contribution in [2.75, 3.05) is 0 Å². The van der Waals surface area contributed by atoms with Crippen LogP contribution in [-0.4, -0.2) is 28.8 Å². The number of hydrogen-bond acceptors (Lipinski definition) is 2. The zero-order valence-electron chi connectivity index (χ0n) is 12.6. The fourth-order valence-corrected chi connectivity index (χ4v) is 2.88. The number of piperazine rings is 1. The highest BCUT2D eigenvalue weighted by molar-refractivity contribution is 6.30. The average molecular weight is 309 g/mol. The van der Waals surface area contributed by atoms with Crippen LogP contribution in [0.5, 0.6) is 0 Å². The van der Waals surface area contributed by atoms with Crippen molar-refractivity contribution in [1.29, 1.82) is 0 Å². The smallest absolute Gasteiger partial charge is 0.246 e. The Morgan fingerprint density at radius 1 is 1.33 bits per heavy atom. The van der Waals surface area contributed by atoms with Gasteiger partial charge in [0.25, 0.3) is 0 Å². The molecule has 0 bridgehead atoms. The Bertz CT molecular complexity index is 545. The molecule has 1 saturated heterocycles. The first-order chi connectivity index (χ1) is 9.93. The van der Waals surface area contributed by atoms with Crippen LogP contribution in [0.15, 0.2) is 24.3 Å². The Kier molecular flexibility index (Phi) is 4.88. The number of nitrogens with one attached hydrogen (secondary N) is 1. The van der Waals surface area contributed by atoms with Crippen molar-refractivity contribution in [2.45, 2.75) is 45.8 Å². The van der Waals surface area contributed by atoms with E-state index in [9.17, 15) is 9.59 Å². The second-order valence-corrected chi connectivity index (χ2v) is 6.19. The van der Waals surface area contributed by atoms with Crippen molar-refractivity contribution in [3.63, 3.8) is 0 Å². The first-order valence-corrected chi connectivity index (χ1v) is 7.67. The number of carbonyl (C=O) groups is 2. The zero-order chi connectivity index (χ0) is 15.6. The Morgan fingerprint density at radius 2 is 2.05 bits per heavy atom. The minimum absolute atomic E-state index is 0.0172. The van der Waals surface area contributed by atoms with E-state index in [2.05, 4.69) is 5.32 Å². The summed E-state index contributed by atoms with van der Waals surface area (Å²) in [5, 5.41) is 3.47. The molecule has 2 unspecified atom stereocenters. The molecule has 114 valence electrons. The molecular weight excluding hydrogens is 288 g/mol. The van der Waals surface area contributed by atoms with Crippen molar-refractivity contribution < 1.29 is 9.59 Å². The zero-order valence-corrected chi connectivity index (χ0v) is 13.4. The first kappa shape index (κ1) is 15.8. The minimum Gasteiger partial charge on any atom is -0.342 e. The molecule has 4 nitrogen and oxygen atoms in total. The molecule has 5 heteroatoms. The molecular formula is C16H21ClN2O2. The van der Waals surface area contributed by atoms with Crippen LogP contribution in [-0.2, 0) is 16.1 Å². The highest BCUT2D eigenvalue weighted by Gasteiger charge is 2.40. The normalized spacial score (nSPS) is 22.6. The summed E-state index contributed by atoms with van der Waals surface area (Å²) in [5.74, 6) is -0.0182. The van der Waals surface area contributed by atoms with Gasteiger partial charge in [0.2, 0.25) is 11.8 Å². The van der Waals surface area contributed by atoms with Crippen LogP contribution in [0, 0.1) is 5.92 Å². The van der Waals surface area contributed by atoms with Gasteiger partial charge in [0.05, 0.1) is 0 Å². The van der Waals surface area contributed by atoms with E-state index >= 15 is 0 Å². The molecule has 21 heavy (non-hydrogen) atoms. The highest BCUT2D eigenvalue weighted by atomic mass is 35.5. The molecule has 1 aromatic carbocycles. The molecule has 1 aliphatic rings. The van der Waals surface area contributed by atoms with Crippen LogP contribution in [0.1, 0.15) is 32.8 Å². The van der Waals surface area contributed by atoms with Crippen LogP contribution < -0.4 is 5.32 Å². The lowest BCUT2D eigenvalue weighted by atomic mass is 9.96. The van der Waals surface area contributed by atoms with E-state index in [1.165, 1.54) is 0 Å². The third-order valence-corrected chi connectivity index (χ3v) is 4.06. The standard InChI is InChI=1S/C16H21ClN2O2/c1-4-13-15(20)18-14(10(2)3)16(21)19(13)9-11-6-5-7-12(17)8-11/h5-8,10,13-14H,4,9H2,1-3H3,(H,18,20). The van der Waals surface area contributed by atoms with Crippen molar-refractivity contribution in [3.05, 3.63) is 34.9 Å². The largest absolute Gasteiger partial charge is 0.342 e. The molecule has 2 amide bonds. The van der Waals surface area contributed by atoms with Crippen molar-refractivity contribution in [3.8, 4) is 0 Å². The van der Waals surface area contributed by atoms with E-state index < -0.39 is 12.1 Å². The number of rotatable bonds is 4. The van der Waals surface area contributed by atoms with Gasteiger partial charge in [-0.1, -0.05) is 44.5 Å². The maximum Gasteiger partial charge on any atom is 0.246 e. The van der Waals surface area contributed by atoms with E-state index in [1.54, 1.807) is 11.0 Å². The molecule has 0 aliphatic carbocycles. The topological polar surface area (TPSA) is 49.4 Å². The van der Waals surface area contributed by atoms with Crippen molar-refractivity contribution in [2.24, 2.45) is 5.92 Å². The lowest BCUT2D eigenvalue weighted by Crippen LogP contribution is -2.64. The van der Waals surface area contributed by atoms with Crippen LogP contribution in [0.25, 0.3) is 0 Å². The summed E-state index contributed by atoms with van der Waals surface area (Å²) in [4.78, 5) is 26.5. The molecule has 0 spiro atoms. The van der Waals surface area contributed by atoms with Gasteiger partial charge in [-0.2, -0.15) is 0 Å². The number of benzene rings is 1. The van der Waals surface area contributed by atoms with Crippen molar-refractivity contribution in [1.82, 2.24) is 10.2 Å². The molecule has 0 saturated carbocycles. The summed E-state index contributed by atoms with van der Waals surface area (Å²) in [6, 6.07) is 6.55. The van der Waals surface area contributed by atoms with Gasteiger partial charge in [-0.15, -0.1) is 0 Å². The number of carbonyl (C=O) groups excluding carboxylic acids is 2. The van der Waals surface area contributed by atoms with Gasteiger partial charge in [0.1, 0.15) is 12.1 Å². The molecule has 0 radical (unpaired) electrons. The lowest BCUT2D eigenvalue weighted by molar-refractivity contribution is -0.151. The number of halogens is 1. The van der Waals surface area contributed by atoms with Crippen molar-refractivity contribution >= 4 is 23.4 Å². The summed E-state index contributed by atoms with van der Waals surface area (Å²) in [5.41, 5.74) is 0.937. The monoisotopic (exact) mass is 308 g/mol. The maximum absolute atomic E-state index is 12.6. The summed E-state index contributed by atoms with van der Waals surface area (Å²) >= 11 is 5.99. The second kappa shape index (κ2) is 6.48. The number of amides is 2. The first-order valence-electron chi connectivity index (χ1n) is 7.29. The average Bonchev–Trinajstić information content (AvgIpc) is 2.42. The third kappa shape index (κ3) is 3.38. The Hall–Kier alpha value is -1.55. The van der Waals surface area contributed by atoms with Crippen LogP contribution in [0.2, 0.25) is 5.02 Å². The van der Waals surface area contributed by atoms with Crippen LogP contribution >= 0.6 is 11.6 Å². The van der Waals surface area contributed by atoms with Gasteiger partial charge in [-0.05, 0) is 30.0 Å². The van der Waals surface area contributed by atoms with Gasteiger partial charge in [0, 0.05) is 11.6 Å². The molecule has 1 heterocycles. The quantitative estimate of drug-likeness (QED) is 0.929. The van der Waals surface area contributed by atoms with E-state index in [0.29, 0.717) is 18.0 Å². The van der Waals surface area contributed by atoms with Crippen LogP contribution in [0.3, 0.4) is 0 Å². The summed E-state index contributed by atoms with van der Waals surface area (Å²) in [6.07, 6.45) is 0.600. The van der Waals surface area contributed by atoms with E-state index in [0.717, 1.165) is 5.56 Å². The van der Waals surface area contributed by atoms with Gasteiger partial charge in [-0.25, -0.2) is 0 Å². The molecule has 1 aromatic rings. The summed E-state index contributed by atoms with van der Waals surface area (Å²) in [6.45, 7) is 6.20. The van der Waals surface area contributed by atoms with Gasteiger partial charge < -0.3 is 10.2 Å². The molecule has 1 aliphatic heterocycles. The predicted molar refractivity (Wildman–Crippen MR) is 82.8 cm³/mol. The van der Waals surface area contributed by atoms with Crippen LogP contribution in [0.4, 0.5) is 0 Å². The van der Waals surface area contributed by atoms with E-state index in [4.69, 9.17) is 11.6 Å². The van der Waals surface area contributed by atoms with Gasteiger partial charge in [0.15, 0.2) is 0 Å². The van der Waals surface area contributed by atoms with Gasteiger partial charge >= 0.3 is 0 Å². The lowest BCUT2D eigenvalue weighted by Gasteiger charge is -2.40. The summed E-state index contributed by atoms with van der Waals surface area (Å²) < 4.78 is 0. The molecule has 2 rings (SSSR count). The van der Waals surface area contributed by atoms with E-state index in [1.807, 2.05) is 39.0 Å². The minimum atomic E-state index is -0.445. The highest BCUT2D eigenvalue weighted by Crippen LogP contribution is 2.21. The Morgan fingerprint density at radius 3 is 2.62 bits per heavy atom. The Labute approximate surface area is 130 Å². The fraction of sp³-hybridized carbons (Fsp3) is 0.500. The van der Waals surface area contributed by atoms with E-state index in [-0.39, 0.29) is 17.7 Å². The predicted octanol–water partition coefficient (Wildman–Crippen LogP) is 2.60. The Balaban J connectivity index is 2.27. The molecule has 1 fully saturated rings. The summed E-state index contributed by atoms with van der Waals surface area (Å²) in [7, 11) is 0. The maximum atomic E-state index is 12.6. The fourth-order valence-electron chi connectivity index (χ4n) is 2.66. The number of hydrogen-bond donors (Lipinski definition) is 1. The number of nitrogens with zero attached hydrogens (tertiary/aromatic N) is 1.